The van der Waals surface area contributed by atoms with Crippen LogP contribution in [-0.2, 0) is 4.74 Å². The van der Waals surface area contributed by atoms with Crippen LogP contribution in [0.1, 0.15) is 30.1 Å². The smallest absolute Gasteiger partial charge is 0.107 e. The molecule has 3 nitrogen and oxygen atoms in total. The van der Waals surface area contributed by atoms with E-state index in [-0.39, 0.29) is 6.10 Å². The number of ether oxygens (including phenoxy) is 1. The predicted molar refractivity (Wildman–Crippen MR) is 57.5 cm³/mol. The molecule has 82 valence electrons. The Balaban J connectivity index is 2.18. The molecule has 0 saturated heterocycles. The van der Waals surface area contributed by atoms with Gasteiger partial charge < -0.3 is 9.84 Å². The average molecular weight is 207 g/mol. The van der Waals surface area contributed by atoms with E-state index in [4.69, 9.17) is 4.74 Å². The third kappa shape index (κ3) is 2.19. The highest BCUT2D eigenvalue weighted by Crippen LogP contribution is 2.40. The Kier molecular flexibility index (Phi) is 3.03. The molecule has 1 aromatic heterocycles. The van der Waals surface area contributed by atoms with Crippen molar-refractivity contribution in [2.24, 2.45) is 5.92 Å². The van der Waals surface area contributed by atoms with Crippen LogP contribution in [0.25, 0.3) is 0 Å². The topological polar surface area (TPSA) is 42.4 Å². The Morgan fingerprint density at radius 1 is 1.53 bits per heavy atom. The van der Waals surface area contributed by atoms with Crippen LogP contribution in [0, 0.1) is 12.8 Å². The molecule has 0 bridgehead atoms. The molecule has 1 heterocycles. The van der Waals surface area contributed by atoms with Crippen molar-refractivity contribution in [2.75, 3.05) is 7.11 Å². The molecular weight excluding hydrogens is 190 g/mol. The molecule has 0 radical (unpaired) electrons. The summed E-state index contributed by atoms with van der Waals surface area (Å²) < 4.78 is 5.37. The van der Waals surface area contributed by atoms with Crippen molar-refractivity contribution in [3.05, 3.63) is 29.6 Å². The fraction of sp³-hybridized carbons (Fsp3) is 0.583. The van der Waals surface area contributed by atoms with Crippen molar-refractivity contribution in [3.8, 4) is 0 Å². The molecule has 0 amide bonds. The van der Waals surface area contributed by atoms with Crippen molar-refractivity contribution in [2.45, 2.75) is 32.0 Å². The third-order valence-corrected chi connectivity index (χ3v) is 3.07. The monoisotopic (exact) mass is 207 g/mol. The Labute approximate surface area is 90.1 Å². The fourth-order valence-electron chi connectivity index (χ4n) is 1.97. The number of hydrogen-bond acceptors (Lipinski definition) is 3. The van der Waals surface area contributed by atoms with Gasteiger partial charge in [0.15, 0.2) is 0 Å². The minimum absolute atomic E-state index is 0.0760. The van der Waals surface area contributed by atoms with Gasteiger partial charge in [0.2, 0.25) is 0 Å². The van der Waals surface area contributed by atoms with Gasteiger partial charge in [-0.3, -0.25) is 4.98 Å². The lowest BCUT2D eigenvalue weighted by Gasteiger charge is -2.22. The number of rotatable bonds is 4. The van der Waals surface area contributed by atoms with E-state index < -0.39 is 6.10 Å². The van der Waals surface area contributed by atoms with E-state index in [9.17, 15) is 5.11 Å². The van der Waals surface area contributed by atoms with Crippen LogP contribution in [0.15, 0.2) is 18.5 Å². The van der Waals surface area contributed by atoms with Crippen LogP contribution >= 0.6 is 0 Å². The predicted octanol–water partition coefficient (Wildman–Crippen LogP) is 1.85. The lowest BCUT2D eigenvalue weighted by Crippen LogP contribution is -2.23. The van der Waals surface area contributed by atoms with Crippen LogP contribution in [-0.4, -0.2) is 23.3 Å². The average Bonchev–Trinajstić information content (AvgIpc) is 3.03. The summed E-state index contributed by atoms with van der Waals surface area (Å²) in [4.78, 5) is 4.05. The van der Waals surface area contributed by atoms with E-state index in [1.165, 1.54) is 0 Å². The molecule has 2 unspecified atom stereocenters. The Bertz CT molecular complexity index is 336. The molecule has 0 aliphatic heterocycles. The summed E-state index contributed by atoms with van der Waals surface area (Å²) in [5, 5.41) is 10.2. The van der Waals surface area contributed by atoms with E-state index in [1.54, 1.807) is 19.5 Å². The minimum Gasteiger partial charge on any atom is -0.386 e. The SMILES string of the molecule is COC(C1CC1)C(O)c1cnccc1C. The van der Waals surface area contributed by atoms with E-state index in [1.807, 2.05) is 13.0 Å². The minimum atomic E-state index is -0.545. The molecule has 1 fully saturated rings. The Morgan fingerprint density at radius 2 is 2.27 bits per heavy atom. The van der Waals surface area contributed by atoms with Crippen molar-refractivity contribution in [3.63, 3.8) is 0 Å². The van der Waals surface area contributed by atoms with Crippen LogP contribution in [0.3, 0.4) is 0 Å². The first-order valence-corrected chi connectivity index (χ1v) is 5.35. The molecule has 3 heteroatoms. The maximum atomic E-state index is 10.2. The maximum Gasteiger partial charge on any atom is 0.107 e. The zero-order valence-corrected chi connectivity index (χ0v) is 9.18. The van der Waals surface area contributed by atoms with Crippen molar-refractivity contribution >= 4 is 0 Å². The maximum absolute atomic E-state index is 10.2. The van der Waals surface area contributed by atoms with Gasteiger partial charge in [-0.15, -0.1) is 0 Å². The van der Waals surface area contributed by atoms with Gasteiger partial charge in [0, 0.05) is 25.1 Å². The zero-order valence-electron chi connectivity index (χ0n) is 9.18. The largest absolute Gasteiger partial charge is 0.386 e. The van der Waals surface area contributed by atoms with E-state index in [2.05, 4.69) is 4.98 Å². The molecule has 1 aromatic rings. The highest BCUT2D eigenvalue weighted by molar-refractivity contribution is 5.25. The van der Waals surface area contributed by atoms with Crippen molar-refractivity contribution in [1.82, 2.24) is 4.98 Å². The van der Waals surface area contributed by atoms with Gasteiger partial charge in [0.25, 0.3) is 0 Å². The van der Waals surface area contributed by atoms with Crippen molar-refractivity contribution in [1.29, 1.82) is 0 Å². The summed E-state index contributed by atoms with van der Waals surface area (Å²) in [6.45, 7) is 1.99. The molecular formula is C12H17NO2. The molecule has 1 aliphatic rings. The molecule has 2 rings (SSSR count). The number of methoxy groups -OCH3 is 1. The number of pyridine rings is 1. The van der Waals surface area contributed by atoms with Gasteiger partial charge >= 0.3 is 0 Å². The first kappa shape index (κ1) is 10.6. The van der Waals surface area contributed by atoms with Gasteiger partial charge in [-0.2, -0.15) is 0 Å². The second-order valence-electron chi connectivity index (χ2n) is 4.21. The van der Waals surface area contributed by atoms with E-state index in [0.29, 0.717) is 5.92 Å². The van der Waals surface area contributed by atoms with Crippen molar-refractivity contribution < 1.29 is 9.84 Å². The van der Waals surface area contributed by atoms with Crippen LogP contribution < -0.4 is 0 Å². The van der Waals surface area contributed by atoms with Gasteiger partial charge in [-0.1, -0.05) is 0 Å². The fourth-order valence-corrected chi connectivity index (χ4v) is 1.97. The lowest BCUT2D eigenvalue weighted by molar-refractivity contribution is -0.0263. The van der Waals surface area contributed by atoms with Gasteiger partial charge in [0.05, 0.1) is 6.10 Å². The quantitative estimate of drug-likeness (QED) is 0.819. The second kappa shape index (κ2) is 4.29. The van der Waals surface area contributed by atoms with Crippen LogP contribution in [0.2, 0.25) is 0 Å². The number of aliphatic hydroxyl groups excluding tert-OH is 1. The number of aliphatic hydroxyl groups is 1. The summed E-state index contributed by atoms with van der Waals surface area (Å²) in [5.74, 6) is 0.518. The molecule has 1 saturated carbocycles. The first-order valence-electron chi connectivity index (χ1n) is 5.35. The van der Waals surface area contributed by atoms with Gasteiger partial charge in [-0.05, 0) is 37.3 Å². The zero-order chi connectivity index (χ0) is 10.8. The van der Waals surface area contributed by atoms with Gasteiger partial charge in [-0.25, -0.2) is 0 Å². The Hall–Kier alpha value is -0.930. The molecule has 0 spiro atoms. The summed E-state index contributed by atoms with van der Waals surface area (Å²) >= 11 is 0. The number of aromatic nitrogens is 1. The van der Waals surface area contributed by atoms with Crippen LogP contribution in [0.4, 0.5) is 0 Å². The van der Waals surface area contributed by atoms with E-state index >= 15 is 0 Å². The summed E-state index contributed by atoms with van der Waals surface area (Å²) in [6.07, 6.45) is 5.17. The molecule has 1 aliphatic carbocycles. The molecule has 1 N–H and O–H groups in total. The molecule has 2 atom stereocenters. The second-order valence-corrected chi connectivity index (χ2v) is 4.21. The molecule has 15 heavy (non-hydrogen) atoms. The van der Waals surface area contributed by atoms with Gasteiger partial charge in [0.1, 0.15) is 6.10 Å². The van der Waals surface area contributed by atoms with E-state index in [0.717, 1.165) is 24.0 Å². The van der Waals surface area contributed by atoms with Crippen LogP contribution in [0.5, 0.6) is 0 Å². The Morgan fingerprint density at radius 3 is 2.80 bits per heavy atom. The number of hydrogen-bond donors (Lipinski definition) is 1. The summed E-state index contributed by atoms with van der Waals surface area (Å²) in [6, 6.07) is 1.91. The summed E-state index contributed by atoms with van der Waals surface area (Å²) in [5.41, 5.74) is 1.96. The standard InChI is InChI=1S/C12H17NO2/c1-8-5-6-13-7-10(8)11(14)12(15-2)9-3-4-9/h5-7,9,11-12,14H,3-4H2,1-2H3. The summed E-state index contributed by atoms with van der Waals surface area (Å²) in [7, 11) is 1.66. The normalized spacial score (nSPS) is 19.9. The lowest BCUT2D eigenvalue weighted by atomic mass is 9.99. The number of nitrogens with zero attached hydrogens (tertiary/aromatic N) is 1. The highest BCUT2D eigenvalue weighted by Gasteiger charge is 2.37. The molecule has 0 aromatic carbocycles. The highest BCUT2D eigenvalue weighted by atomic mass is 16.5. The first-order chi connectivity index (χ1) is 7.24. The number of aryl methyl sites for hydroxylation is 1. The third-order valence-electron chi connectivity index (χ3n) is 3.07.